The molecule has 0 aromatic rings. The Balaban J connectivity index is 0. The summed E-state index contributed by atoms with van der Waals surface area (Å²) in [6, 6.07) is 0. The number of allylic oxidation sites excluding steroid dienone is 2. The molecule has 0 bridgehead atoms. The van der Waals surface area contributed by atoms with Crippen molar-refractivity contribution in [3.8, 4) is 12.3 Å². The molecule has 1 atom stereocenters. The Labute approximate surface area is 76.5 Å². The molecule has 0 aromatic carbocycles. The zero-order chi connectivity index (χ0) is 8.91. The summed E-state index contributed by atoms with van der Waals surface area (Å²) in [5, 5.41) is 9.37. The molecule has 0 spiro atoms. The van der Waals surface area contributed by atoms with Gasteiger partial charge in [0.1, 0.15) is 5.60 Å². The smallest absolute Gasteiger partial charge is 0.122 e. The monoisotopic (exact) mass is 168 g/mol. The predicted octanol–water partition coefficient (Wildman–Crippen LogP) is 2.75. The van der Waals surface area contributed by atoms with E-state index in [2.05, 4.69) is 12.0 Å². The SMILES string of the molecule is C.C#CC(C)(O)CCC=C(C)C. The van der Waals surface area contributed by atoms with Crippen LogP contribution in [0.25, 0.3) is 0 Å². The Hall–Kier alpha value is -0.740. The highest BCUT2D eigenvalue weighted by molar-refractivity contribution is 5.05. The fourth-order valence-electron chi connectivity index (χ4n) is 0.714. The molecule has 1 heteroatoms. The summed E-state index contributed by atoms with van der Waals surface area (Å²) >= 11 is 0. The maximum absolute atomic E-state index is 9.37. The third-order valence-corrected chi connectivity index (χ3v) is 1.49. The van der Waals surface area contributed by atoms with Gasteiger partial charge in [-0.05, 0) is 33.6 Å². The van der Waals surface area contributed by atoms with Crippen LogP contribution in [0.5, 0.6) is 0 Å². The Bertz CT molecular complexity index is 178. The third-order valence-electron chi connectivity index (χ3n) is 1.49. The summed E-state index contributed by atoms with van der Waals surface area (Å²) in [6.07, 6.45) is 8.66. The van der Waals surface area contributed by atoms with Crippen LogP contribution < -0.4 is 0 Å². The van der Waals surface area contributed by atoms with Gasteiger partial charge in [0, 0.05) is 0 Å². The van der Waals surface area contributed by atoms with Gasteiger partial charge in [0.05, 0.1) is 0 Å². The predicted molar refractivity (Wildman–Crippen MR) is 54.9 cm³/mol. The van der Waals surface area contributed by atoms with E-state index in [-0.39, 0.29) is 7.43 Å². The molecule has 70 valence electrons. The molecule has 12 heavy (non-hydrogen) atoms. The second-order valence-corrected chi connectivity index (χ2v) is 3.24. The van der Waals surface area contributed by atoms with E-state index in [0.29, 0.717) is 6.42 Å². The van der Waals surface area contributed by atoms with Gasteiger partial charge in [-0.3, -0.25) is 0 Å². The molecule has 0 saturated carbocycles. The van der Waals surface area contributed by atoms with Crippen molar-refractivity contribution in [2.24, 2.45) is 0 Å². The molecule has 1 unspecified atom stereocenters. The summed E-state index contributed by atoms with van der Waals surface area (Å²) in [7, 11) is 0. The molecular formula is C11H20O. The molecule has 0 amide bonds. The fourth-order valence-corrected chi connectivity index (χ4v) is 0.714. The van der Waals surface area contributed by atoms with Crippen molar-refractivity contribution in [1.82, 2.24) is 0 Å². The molecule has 0 heterocycles. The van der Waals surface area contributed by atoms with Crippen molar-refractivity contribution in [3.05, 3.63) is 11.6 Å². The van der Waals surface area contributed by atoms with Crippen LogP contribution in [0.1, 0.15) is 41.0 Å². The lowest BCUT2D eigenvalue weighted by atomic mass is 10.0. The Morgan fingerprint density at radius 3 is 2.42 bits per heavy atom. The number of rotatable bonds is 3. The van der Waals surface area contributed by atoms with Crippen LogP contribution in [0.4, 0.5) is 0 Å². The minimum atomic E-state index is -0.939. The molecule has 0 aliphatic heterocycles. The van der Waals surface area contributed by atoms with E-state index in [4.69, 9.17) is 6.42 Å². The molecular weight excluding hydrogens is 148 g/mol. The average molecular weight is 168 g/mol. The molecule has 0 aliphatic carbocycles. The van der Waals surface area contributed by atoms with E-state index in [1.165, 1.54) is 5.57 Å². The van der Waals surface area contributed by atoms with Crippen LogP contribution >= 0.6 is 0 Å². The second kappa shape index (κ2) is 5.85. The van der Waals surface area contributed by atoms with Crippen molar-refractivity contribution in [1.29, 1.82) is 0 Å². The largest absolute Gasteiger partial charge is 0.378 e. The molecule has 0 saturated heterocycles. The fraction of sp³-hybridized carbons (Fsp3) is 0.636. The van der Waals surface area contributed by atoms with Gasteiger partial charge in [-0.2, -0.15) is 0 Å². The number of terminal acetylenes is 1. The van der Waals surface area contributed by atoms with Gasteiger partial charge in [-0.1, -0.05) is 25.0 Å². The van der Waals surface area contributed by atoms with Crippen molar-refractivity contribution < 1.29 is 5.11 Å². The number of hydrogen-bond acceptors (Lipinski definition) is 1. The first-order chi connectivity index (χ1) is 4.98. The van der Waals surface area contributed by atoms with Crippen molar-refractivity contribution in [2.75, 3.05) is 0 Å². The zero-order valence-corrected chi connectivity index (χ0v) is 7.52. The summed E-state index contributed by atoms with van der Waals surface area (Å²) in [5.74, 6) is 2.34. The van der Waals surface area contributed by atoms with Gasteiger partial charge in [0.25, 0.3) is 0 Å². The van der Waals surface area contributed by atoms with Crippen molar-refractivity contribution >= 4 is 0 Å². The lowest BCUT2D eigenvalue weighted by Crippen LogP contribution is -2.20. The standard InChI is InChI=1S/C10H16O.CH4/c1-5-10(4,11)8-6-7-9(2)3;/h1,7,11H,6,8H2,2-4H3;1H4. The first-order valence-corrected chi connectivity index (χ1v) is 3.81. The summed E-state index contributed by atoms with van der Waals surface area (Å²) < 4.78 is 0. The molecule has 0 aliphatic rings. The van der Waals surface area contributed by atoms with E-state index in [1.54, 1.807) is 6.92 Å². The molecule has 0 fully saturated rings. The molecule has 1 N–H and O–H groups in total. The van der Waals surface area contributed by atoms with Gasteiger partial charge >= 0.3 is 0 Å². The summed E-state index contributed by atoms with van der Waals surface area (Å²) in [6.45, 7) is 5.72. The average Bonchev–Trinajstić information content (AvgIpc) is 1.87. The second-order valence-electron chi connectivity index (χ2n) is 3.24. The topological polar surface area (TPSA) is 20.2 Å². The molecule has 0 rings (SSSR count). The zero-order valence-electron chi connectivity index (χ0n) is 7.52. The number of aliphatic hydroxyl groups is 1. The lowest BCUT2D eigenvalue weighted by molar-refractivity contribution is 0.113. The lowest BCUT2D eigenvalue weighted by Gasteiger charge is -2.13. The quantitative estimate of drug-likeness (QED) is 0.507. The molecule has 0 radical (unpaired) electrons. The van der Waals surface area contributed by atoms with E-state index < -0.39 is 5.60 Å². The minimum Gasteiger partial charge on any atom is -0.378 e. The molecule has 1 nitrogen and oxygen atoms in total. The highest BCUT2D eigenvalue weighted by Crippen LogP contribution is 2.11. The molecule has 0 aromatic heterocycles. The van der Waals surface area contributed by atoms with E-state index in [9.17, 15) is 5.11 Å². The van der Waals surface area contributed by atoms with E-state index in [0.717, 1.165) is 6.42 Å². The van der Waals surface area contributed by atoms with Crippen LogP contribution in [-0.2, 0) is 0 Å². The van der Waals surface area contributed by atoms with Crippen LogP contribution in [-0.4, -0.2) is 10.7 Å². The third kappa shape index (κ3) is 7.37. The van der Waals surface area contributed by atoms with Gasteiger partial charge in [0.15, 0.2) is 0 Å². The van der Waals surface area contributed by atoms with Crippen LogP contribution in [0.2, 0.25) is 0 Å². The maximum atomic E-state index is 9.37. The first kappa shape index (κ1) is 13.8. The van der Waals surface area contributed by atoms with Crippen molar-refractivity contribution in [2.45, 2.75) is 46.6 Å². The van der Waals surface area contributed by atoms with Crippen LogP contribution in [0, 0.1) is 12.3 Å². The Kier molecular flexibility index (Phi) is 6.74. The van der Waals surface area contributed by atoms with Crippen LogP contribution in [0.3, 0.4) is 0 Å². The van der Waals surface area contributed by atoms with Crippen LogP contribution in [0.15, 0.2) is 11.6 Å². The Morgan fingerprint density at radius 2 is 2.08 bits per heavy atom. The van der Waals surface area contributed by atoms with Gasteiger partial charge in [-0.25, -0.2) is 0 Å². The van der Waals surface area contributed by atoms with Gasteiger partial charge in [0.2, 0.25) is 0 Å². The van der Waals surface area contributed by atoms with Gasteiger partial charge < -0.3 is 5.11 Å². The summed E-state index contributed by atoms with van der Waals surface area (Å²) in [5.41, 5.74) is 0.323. The Morgan fingerprint density at radius 1 is 1.58 bits per heavy atom. The highest BCUT2D eigenvalue weighted by atomic mass is 16.3. The van der Waals surface area contributed by atoms with E-state index in [1.807, 2.05) is 13.8 Å². The highest BCUT2D eigenvalue weighted by Gasteiger charge is 2.13. The van der Waals surface area contributed by atoms with Gasteiger partial charge in [-0.15, -0.1) is 6.42 Å². The maximum Gasteiger partial charge on any atom is 0.122 e. The van der Waals surface area contributed by atoms with E-state index >= 15 is 0 Å². The summed E-state index contributed by atoms with van der Waals surface area (Å²) in [4.78, 5) is 0. The first-order valence-electron chi connectivity index (χ1n) is 3.81. The minimum absolute atomic E-state index is 0. The van der Waals surface area contributed by atoms with Crippen molar-refractivity contribution in [3.63, 3.8) is 0 Å². The number of hydrogen-bond donors (Lipinski definition) is 1. The normalized spacial score (nSPS) is 13.6.